The molecule has 1 aliphatic heterocycles. The van der Waals surface area contributed by atoms with Crippen molar-refractivity contribution in [1.29, 1.82) is 0 Å². The van der Waals surface area contributed by atoms with Crippen molar-refractivity contribution in [2.45, 2.75) is 44.6 Å². The Morgan fingerprint density at radius 2 is 1.81 bits per heavy atom. The smallest absolute Gasteiger partial charge is 0.132 e. The summed E-state index contributed by atoms with van der Waals surface area (Å²) in [5.41, 5.74) is 0. The Morgan fingerprint density at radius 1 is 1.19 bits per heavy atom. The Labute approximate surface area is 98.1 Å². The van der Waals surface area contributed by atoms with Gasteiger partial charge in [0, 0.05) is 38.6 Å². The minimum Gasteiger partial charge on any atom is -0.381 e. The Bertz CT molecular complexity index is 226. The van der Waals surface area contributed by atoms with Crippen LogP contribution in [0.5, 0.6) is 0 Å². The maximum atomic E-state index is 11.2. The first-order valence-corrected chi connectivity index (χ1v) is 6.55. The fourth-order valence-corrected chi connectivity index (χ4v) is 2.86. The van der Waals surface area contributed by atoms with E-state index in [-0.39, 0.29) is 0 Å². The molecule has 0 aromatic heterocycles. The molecule has 0 bridgehead atoms. The molecule has 1 heterocycles. The maximum Gasteiger partial charge on any atom is 0.132 e. The first kappa shape index (κ1) is 12.1. The van der Waals surface area contributed by atoms with Gasteiger partial charge in [-0.15, -0.1) is 0 Å². The van der Waals surface area contributed by atoms with Gasteiger partial charge in [-0.1, -0.05) is 0 Å². The molecule has 3 nitrogen and oxygen atoms in total. The first-order chi connectivity index (χ1) is 7.75. The predicted octanol–water partition coefficient (Wildman–Crippen LogP) is 1.86. The summed E-state index contributed by atoms with van der Waals surface area (Å²) < 4.78 is 5.38. The number of rotatable bonds is 3. The van der Waals surface area contributed by atoms with Gasteiger partial charge in [0.1, 0.15) is 5.78 Å². The number of carbonyl (C=O) groups excluding carboxylic acids is 1. The number of Topliss-reactive ketones (excluding diaryl/α,β-unsaturated/α-hetero) is 1. The van der Waals surface area contributed by atoms with E-state index in [0.29, 0.717) is 11.8 Å². The number of ketones is 1. The van der Waals surface area contributed by atoms with E-state index in [1.165, 1.54) is 12.8 Å². The lowest BCUT2D eigenvalue weighted by molar-refractivity contribution is -0.121. The van der Waals surface area contributed by atoms with Crippen LogP contribution in [0.1, 0.15) is 38.5 Å². The van der Waals surface area contributed by atoms with Crippen LogP contribution in [0.3, 0.4) is 0 Å². The zero-order chi connectivity index (χ0) is 11.4. The molecule has 16 heavy (non-hydrogen) atoms. The molecule has 0 radical (unpaired) electrons. The lowest BCUT2D eigenvalue weighted by Gasteiger charge is -2.34. The van der Waals surface area contributed by atoms with Gasteiger partial charge in [0.25, 0.3) is 0 Å². The van der Waals surface area contributed by atoms with Crippen molar-refractivity contribution in [1.82, 2.24) is 4.90 Å². The van der Waals surface area contributed by atoms with Gasteiger partial charge in [0.15, 0.2) is 0 Å². The zero-order valence-electron chi connectivity index (χ0n) is 10.3. The highest BCUT2D eigenvalue weighted by molar-refractivity contribution is 5.79. The topological polar surface area (TPSA) is 29.5 Å². The van der Waals surface area contributed by atoms with Crippen molar-refractivity contribution < 1.29 is 9.53 Å². The van der Waals surface area contributed by atoms with Crippen LogP contribution in [0.25, 0.3) is 0 Å². The highest BCUT2D eigenvalue weighted by atomic mass is 16.5. The van der Waals surface area contributed by atoms with E-state index in [9.17, 15) is 4.79 Å². The summed E-state index contributed by atoms with van der Waals surface area (Å²) in [6, 6.07) is 0.700. The summed E-state index contributed by atoms with van der Waals surface area (Å²) in [6.07, 6.45) is 6.17. The summed E-state index contributed by atoms with van der Waals surface area (Å²) in [4.78, 5) is 13.7. The molecule has 1 saturated heterocycles. The number of hydrogen-bond acceptors (Lipinski definition) is 3. The van der Waals surface area contributed by atoms with Crippen LogP contribution in [0.15, 0.2) is 0 Å². The molecule has 0 aromatic carbocycles. The molecule has 1 saturated carbocycles. The average molecular weight is 225 g/mol. The molecule has 2 fully saturated rings. The molecule has 0 aromatic rings. The number of hydrogen-bond donors (Lipinski definition) is 0. The third-order valence-electron chi connectivity index (χ3n) is 4.02. The quantitative estimate of drug-likeness (QED) is 0.734. The van der Waals surface area contributed by atoms with Gasteiger partial charge >= 0.3 is 0 Å². The number of carbonyl (C=O) groups is 1. The Hall–Kier alpha value is -0.410. The summed E-state index contributed by atoms with van der Waals surface area (Å²) in [6.45, 7) is 2.99. The average Bonchev–Trinajstić information content (AvgIpc) is 2.33. The standard InChI is InChI=1S/C13H23NO2/c1-14(12-6-8-16-9-7-12)10-11-2-4-13(15)5-3-11/h11-12H,2-10H2,1H3. The summed E-state index contributed by atoms with van der Waals surface area (Å²) in [7, 11) is 2.23. The van der Waals surface area contributed by atoms with Crippen molar-refractivity contribution in [2.24, 2.45) is 5.92 Å². The van der Waals surface area contributed by atoms with Gasteiger partial charge in [0.05, 0.1) is 0 Å². The highest BCUT2D eigenvalue weighted by Gasteiger charge is 2.24. The van der Waals surface area contributed by atoms with Crippen LogP contribution in [-0.4, -0.2) is 43.5 Å². The first-order valence-electron chi connectivity index (χ1n) is 6.55. The number of nitrogens with zero attached hydrogens (tertiary/aromatic N) is 1. The molecular weight excluding hydrogens is 202 g/mol. The summed E-state index contributed by atoms with van der Waals surface area (Å²) >= 11 is 0. The van der Waals surface area contributed by atoms with Crippen molar-refractivity contribution in [3.05, 3.63) is 0 Å². The molecule has 0 atom stereocenters. The van der Waals surface area contributed by atoms with Gasteiger partial charge in [0.2, 0.25) is 0 Å². The van der Waals surface area contributed by atoms with E-state index >= 15 is 0 Å². The molecule has 0 spiro atoms. The maximum absolute atomic E-state index is 11.2. The molecular formula is C13H23NO2. The molecule has 0 N–H and O–H groups in total. The Morgan fingerprint density at radius 3 is 2.44 bits per heavy atom. The van der Waals surface area contributed by atoms with E-state index in [1.54, 1.807) is 0 Å². The van der Waals surface area contributed by atoms with Gasteiger partial charge in [-0.2, -0.15) is 0 Å². The van der Waals surface area contributed by atoms with Crippen LogP contribution in [0.4, 0.5) is 0 Å². The lowest BCUT2D eigenvalue weighted by Crippen LogP contribution is -2.40. The fourth-order valence-electron chi connectivity index (χ4n) is 2.86. The molecule has 0 amide bonds. The second kappa shape index (κ2) is 5.78. The van der Waals surface area contributed by atoms with Crippen molar-refractivity contribution in [3.8, 4) is 0 Å². The van der Waals surface area contributed by atoms with Crippen molar-refractivity contribution >= 4 is 5.78 Å². The van der Waals surface area contributed by atoms with E-state index in [2.05, 4.69) is 11.9 Å². The molecule has 1 aliphatic carbocycles. The minimum absolute atomic E-state index is 0.463. The molecule has 3 heteroatoms. The number of ether oxygens (including phenoxy) is 1. The molecule has 2 rings (SSSR count). The van der Waals surface area contributed by atoms with Crippen LogP contribution >= 0.6 is 0 Å². The lowest BCUT2D eigenvalue weighted by atomic mass is 9.87. The van der Waals surface area contributed by atoms with Crippen LogP contribution < -0.4 is 0 Å². The van der Waals surface area contributed by atoms with Crippen LogP contribution in [0, 0.1) is 5.92 Å². The van der Waals surface area contributed by atoms with Gasteiger partial charge < -0.3 is 9.64 Å². The predicted molar refractivity (Wildman–Crippen MR) is 63.4 cm³/mol. The van der Waals surface area contributed by atoms with Crippen molar-refractivity contribution in [3.63, 3.8) is 0 Å². The normalized spacial score (nSPS) is 25.2. The highest BCUT2D eigenvalue weighted by Crippen LogP contribution is 2.24. The second-order valence-electron chi connectivity index (χ2n) is 5.27. The Kier molecular flexibility index (Phi) is 4.36. The molecule has 0 unspecified atom stereocenters. The van der Waals surface area contributed by atoms with Crippen molar-refractivity contribution in [2.75, 3.05) is 26.8 Å². The third-order valence-corrected chi connectivity index (χ3v) is 4.02. The monoisotopic (exact) mass is 225 g/mol. The SMILES string of the molecule is CN(CC1CCC(=O)CC1)C1CCOCC1. The largest absolute Gasteiger partial charge is 0.381 e. The molecule has 2 aliphatic rings. The van der Waals surface area contributed by atoms with E-state index < -0.39 is 0 Å². The van der Waals surface area contributed by atoms with E-state index in [0.717, 1.165) is 51.4 Å². The second-order valence-corrected chi connectivity index (χ2v) is 5.27. The summed E-state index contributed by atoms with van der Waals surface area (Å²) in [5, 5.41) is 0. The van der Waals surface area contributed by atoms with E-state index in [4.69, 9.17) is 4.74 Å². The minimum atomic E-state index is 0.463. The zero-order valence-corrected chi connectivity index (χ0v) is 10.3. The Balaban J connectivity index is 1.73. The fraction of sp³-hybridized carbons (Fsp3) is 0.923. The molecule has 92 valence electrons. The van der Waals surface area contributed by atoms with Crippen LogP contribution in [0.2, 0.25) is 0 Å². The van der Waals surface area contributed by atoms with Gasteiger partial charge in [-0.05, 0) is 38.6 Å². The van der Waals surface area contributed by atoms with E-state index in [1.807, 2.05) is 0 Å². The summed E-state index contributed by atoms with van der Waals surface area (Å²) in [5.74, 6) is 1.20. The third kappa shape index (κ3) is 3.29. The van der Waals surface area contributed by atoms with Crippen LogP contribution in [-0.2, 0) is 9.53 Å². The van der Waals surface area contributed by atoms with Gasteiger partial charge in [-0.3, -0.25) is 4.79 Å². The van der Waals surface area contributed by atoms with Gasteiger partial charge in [-0.25, -0.2) is 0 Å².